The third-order valence-electron chi connectivity index (χ3n) is 6.68. The molecule has 2 saturated heterocycles. The highest BCUT2D eigenvalue weighted by atomic mass is 16.5. The zero-order valence-corrected chi connectivity index (χ0v) is 16.3. The van der Waals surface area contributed by atoms with Gasteiger partial charge in [-0.1, -0.05) is 24.3 Å². The summed E-state index contributed by atoms with van der Waals surface area (Å²) in [7, 11) is 2.22. The number of benzene rings is 1. The predicted octanol–water partition coefficient (Wildman–Crippen LogP) is 3.01. The maximum Gasteiger partial charge on any atom is 0.151 e. The maximum absolute atomic E-state index is 5.68. The minimum Gasteiger partial charge on any atom is -0.381 e. The Labute approximate surface area is 161 Å². The number of hydrogen-bond acceptors (Lipinski definition) is 4. The summed E-state index contributed by atoms with van der Waals surface area (Å²) in [6.07, 6.45) is 6.79. The predicted molar refractivity (Wildman–Crippen MR) is 105 cm³/mol. The van der Waals surface area contributed by atoms with Crippen LogP contribution in [-0.2, 0) is 24.0 Å². The van der Waals surface area contributed by atoms with Gasteiger partial charge in [0.25, 0.3) is 0 Å². The molecule has 3 aliphatic rings. The van der Waals surface area contributed by atoms with Crippen molar-refractivity contribution in [2.24, 2.45) is 5.92 Å². The normalized spacial score (nSPS) is 24.6. The molecule has 0 spiro atoms. The molecule has 27 heavy (non-hydrogen) atoms. The summed E-state index contributed by atoms with van der Waals surface area (Å²) >= 11 is 0. The Hall–Kier alpha value is -1.72. The molecule has 5 nitrogen and oxygen atoms in total. The van der Waals surface area contributed by atoms with Gasteiger partial charge in [-0.2, -0.15) is 5.10 Å². The standard InChI is InChI=1S/C22H30N4O/c1-25-9-6-16(7-10-25)12-21-23-22(19-8-11-27-15-19)26(24-21)20-13-17-4-2-3-5-18(17)14-20/h2-5,16,19-20H,6-15H2,1H3. The summed E-state index contributed by atoms with van der Waals surface area (Å²) in [5, 5.41) is 5.07. The van der Waals surface area contributed by atoms with E-state index in [1.54, 1.807) is 0 Å². The molecule has 5 rings (SSSR count). The molecule has 1 unspecified atom stereocenters. The van der Waals surface area contributed by atoms with Crippen LogP contribution < -0.4 is 0 Å². The Bertz CT molecular complexity index is 762. The van der Waals surface area contributed by atoms with Crippen molar-refractivity contribution in [3.63, 3.8) is 0 Å². The Balaban J connectivity index is 1.39. The van der Waals surface area contributed by atoms with Crippen LogP contribution >= 0.6 is 0 Å². The SMILES string of the molecule is CN1CCC(Cc2nc(C3CCOC3)n(C3Cc4ccccc4C3)n2)CC1. The minimum absolute atomic E-state index is 0.410. The van der Waals surface area contributed by atoms with Crippen LogP contribution in [0.4, 0.5) is 0 Å². The van der Waals surface area contributed by atoms with E-state index in [1.807, 2.05) is 0 Å². The van der Waals surface area contributed by atoms with E-state index >= 15 is 0 Å². The van der Waals surface area contributed by atoms with Gasteiger partial charge >= 0.3 is 0 Å². The molecular formula is C22H30N4O. The first-order valence-corrected chi connectivity index (χ1v) is 10.5. The molecule has 5 heteroatoms. The van der Waals surface area contributed by atoms with E-state index in [4.69, 9.17) is 14.8 Å². The van der Waals surface area contributed by atoms with Crippen LogP contribution in [0.25, 0.3) is 0 Å². The molecule has 0 amide bonds. The van der Waals surface area contributed by atoms with E-state index in [0.717, 1.165) is 50.6 Å². The van der Waals surface area contributed by atoms with Crippen molar-refractivity contribution >= 4 is 0 Å². The Morgan fingerprint density at radius 3 is 2.48 bits per heavy atom. The Kier molecular flexibility index (Phi) is 4.74. The number of nitrogens with zero attached hydrogens (tertiary/aromatic N) is 4. The highest BCUT2D eigenvalue weighted by molar-refractivity contribution is 5.33. The van der Waals surface area contributed by atoms with Crippen LogP contribution in [0.2, 0.25) is 0 Å². The number of fused-ring (bicyclic) bond motifs is 1. The van der Waals surface area contributed by atoms with Crippen LogP contribution in [0.15, 0.2) is 24.3 Å². The van der Waals surface area contributed by atoms with Gasteiger partial charge in [-0.3, -0.25) is 0 Å². The molecule has 1 aromatic heterocycles. The lowest BCUT2D eigenvalue weighted by atomic mass is 9.93. The molecule has 0 bridgehead atoms. The molecule has 0 N–H and O–H groups in total. The molecular weight excluding hydrogens is 336 g/mol. The topological polar surface area (TPSA) is 43.2 Å². The molecule has 2 fully saturated rings. The molecule has 144 valence electrons. The van der Waals surface area contributed by atoms with Crippen LogP contribution in [0.5, 0.6) is 0 Å². The van der Waals surface area contributed by atoms with Gasteiger partial charge < -0.3 is 9.64 Å². The van der Waals surface area contributed by atoms with Gasteiger partial charge in [0.15, 0.2) is 5.82 Å². The van der Waals surface area contributed by atoms with Crippen LogP contribution in [0.3, 0.4) is 0 Å². The first-order chi connectivity index (χ1) is 13.3. The average Bonchev–Trinajstić information content (AvgIpc) is 3.42. The van der Waals surface area contributed by atoms with Crippen molar-refractivity contribution in [1.82, 2.24) is 19.7 Å². The molecule has 2 aliphatic heterocycles. The fraction of sp³-hybridized carbons (Fsp3) is 0.636. The molecule has 0 saturated carbocycles. The van der Waals surface area contributed by atoms with Crippen LogP contribution in [0.1, 0.15) is 54.0 Å². The van der Waals surface area contributed by atoms with Crippen molar-refractivity contribution in [1.29, 1.82) is 0 Å². The molecule has 1 atom stereocenters. The van der Waals surface area contributed by atoms with Gasteiger partial charge in [-0.05, 0) is 69.3 Å². The van der Waals surface area contributed by atoms with E-state index in [1.165, 1.54) is 42.9 Å². The summed E-state index contributed by atoms with van der Waals surface area (Å²) in [4.78, 5) is 7.50. The summed E-state index contributed by atoms with van der Waals surface area (Å²) in [5.74, 6) is 3.37. The van der Waals surface area contributed by atoms with Crippen molar-refractivity contribution in [2.75, 3.05) is 33.4 Å². The largest absolute Gasteiger partial charge is 0.381 e. The van der Waals surface area contributed by atoms with E-state index in [-0.39, 0.29) is 0 Å². The van der Waals surface area contributed by atoms with E-state index in [0.29, 0.717) is 12.0 Å². The van der Waals surface area contributed by atoms with Gasteiger partial charge in [0.05, 0.1) is 12.6 Å². The number of likely N-dealkylation sites (tertiary alicyclic amines) is 1. The first kappa shape index (κ1) is 17.4. The third-order valence-corrected chi connectivity index (χ3v) is 6.68. The highest BCUT2D eigenvalue weighted by Gasteiger charge is 2.31. The minimum atomic E-state index is 0.410. The number of piperidine rings is 1. The molecule has 2 aromatic rings. The van der Waals surface area contributed by atoms with E-state index < -0.39 is 0 Å². The monoisotopic (exact) mass is 366 g/mol. The van der Waals surface area contributed by atoms with Crippen molar-refractivity contribution in [2.45, 2.75) is 50.5 Å². The van der Waals surface area contributed by atoms with Gasteiger partial charge in [0.1, 0.15) is 5.82 Å². The second-order valence-electron chi connectivity index (χ2n) is 8.67. The second kappa shape index (κ2) is 7.36. The van der Waals surface area contributed by atoms with Gasteiger partial charge in [-0.25, -0.2) is 9.67 Å². The maximum atomic E-state index is 5.68. The molecule has 1 aromatic carbocycles. The quantitative estimate of drug-likeness (QED) is 0.834. The number of aromatic nitrogens is 3. The zero-order chi connectivity index (χ0) is 18.2. The Morgan fingerprint density at radius 2 is 1.81 bits per heavy atom. The fourth-order valence-electron chi connectivity index (χ4n) is 4.99. The van der Waals surface area contributed by atoms with Crippen LogP contribution in [0, 0.1) is 5.92 Å². The zero-order valence-electron chi connectivity index (χ0n) is 16.3. The number of hydrogen-bond donors (Lipinski definition) is 0. The van der Waals surface area contributed by atoms with Crippen molar-refractivity contribution < 1.29 is 4.74 Å². The number of ether oxygens (including phenoxy) is 1. The molecule has 3 heterocycles. The molecule has 0 radical (unpaired) electrons. The van der Waals surface area contributed by atoms with E-state index in [2.05, 4.69) is 40.9 Å². The first-order valence-electron chi connectivity index (χ1n) is 10.5. The smallest absolute Gasteiger partial charge is 0.151 e. The van der Waals surface area contributed by atoms with Gasteiger partial charge in [0, 0.05) is 18.9 Å². The average molecular weight is 367 g/mol. The van der Waals surface area contributed by atoms with E-state index in [9.17, 15) is 0 Å². The summed E-state index contributed by atoms with van der Waals surface area (Å²) < 4.78 is 7.96. The second-order valence-corrected chi connectivity index (χ2v) is 8.67. The lowest BCUT2D eigenvalue weighted by molar-refractivity contribution is 0.192. The summed E-state index contributed by atoms with van der Waals surface area (Å²) in [6.45, 7) is 4.05. The summed E-state index contributed by atoms with van der Waals surface area (Å²) in [5.41, 5.74) is 2.95. The van der Waals surface area contributed by atoms with Crippen molar-refractivity contribution in [3.05, 3.63) is 47.0 Å². The van der Waals surface area contributed by atoms with Gasteiger partial charge in [0.2, 0.25) is 0 Å². The number of rotatable bonds is 4. The lowest BCUT2D eigenvalue weighted by Crippen LogP contribution is -2.31. The highest BCUT2D eigenvalue weighted by Crippen LogP contribution is 2.34. The lowest BCUT2D eigenvalue weighted by Gasteiger charge is -2.28. The molecule has 1 aliphatic carbocycles. The fourth-order valence-corrected chi connectivity index (χ4v) is 4.99. The van der Waals surface area contributed by atoms with Crippen LogP contribution in [-0.4, -0.2) is 53.0 Å². The summed E-state index contributed by atoms with van der Waals surface area (Å²) in [6, 6.07) is 9.25. The van der Waals surface area contributed by atoms with Gasteiger partial charge in [-0.15, -0.1) is 0 Å². The Morgan fingerprint density at radius 1 is 1.07 bits per heavy atom. The third kappa shape index (κ3) is 3.55. The van der Waals surface area contributed by atoms with Crippen molar-refractivity contribution in [3.8, 4) is 0 Å².